The minimum Gasteiger partial charge on any atom is -0.478 e. The van der Waals surface area contributed by atoms with Crippen molar-refractivity contribution >= 4 is 44.8 Å². The van der Waals surface area contributed by atoms with Gasteiger partial charge in [0.1, 0.15) is 0 Å². The lowest BCUT2D eigenvalue weighted by molar-refractivity contribution is 0.0698. The second-order valence-corrected chi connectivity index (χ2v) is 6.69. The lowest BCUT2D eigenvalue weighted by atomic mass is 10.0. The topological polar surface area (TPSA) is 66.4 Å². The van der Waals surface area contributed by atoms with Crippen molar-refractivity contribution in [2.45, 2.75) is 13.8 Å². The van der Waals surface area contributed by atoms with Gasteiger partial charge in [-0.05, 0) is 53.0 Å². The maximum Gasteiger partial charge on any atom is 0.337 e. The van der Waals surface area contributed by atoms with Crippen LogP contribution in [0.3, 0.4) is 0 Å². The van der Waals surface area contributed by atoms with Gasteiger partial charge in [-0.15, -0.1) is 11.3 Å². The predicted octanol–water partition coefficient (Wildman–Crippen LogP) is 4.08. The number of hydrogen-bond acceptors (Lipinski definition) is 3. The molecule has 1 amide bonds. The molecule has 1 heterocycles. The third kappa shape index (κ3) is 3.08. The Hall–Kier alpha value is -1.66. The molecule has 2 N–H and O–H groups in total. The van der Waals surface area contributed by atoms with E-state index in [1.807, 2.05) is 13.0 Å². The van der Waals surface area contributed by atoms with Crippen molar-refractivity contribution in [1.29, 1.82) is 0 Å². The van der Waals surface area contributed by atoms with Gasteiger partial charge in [0.2, 0.25) is 0 Å². The van der Waals surface area contributed by atoms with Gasteiger partial charge in [0.05, 0.1) is 20.6 Å². The van der Waals surface area contributed by atoms with Crippen LogP contribution in [0.4, 0.5) is 5.69 Å². The first kappa shape index (κ1) is 14.7. The first-order valence-corrected chi connectivity index (χ1v) is 7.45. The first-order valence-electron chi connectivity index (χ1n) is 5.78. The number of rotatable bonds is 3. The van der Waals surface area contributed by atoms with Crippen molar-refractivity contribution in [3.8, 4) is 0 Å². The number of carboxylic acid groups (broad SMARTS) is 1. The largest absolute Gasteiger partial charge is 0.478 e. The van der Waals surface area contributed by atoms with Crippen LogP contribution >= 0.6 is 27.3 Å². The molecule has 4 nitrogen and oxygen atoms in total. The van der Waals surface area contributed by atoms with E-state index < -0.39 is 5.97 Å². The summed E-state index contributed by atoms with van der Waals surface area (Å²) in [5.41, 5.74) is 2.51. The number of hydrogen-bond donors (Lipinski definition) is 2. The number of carboxylic acids is 1. The number of thiophene rings is 1. The summed E-state index contributed by atoms with van der Waals surface area (Å²) in [5.74, 6) is -1.37. The van der Waals surface area contributed by atoms with Gasteiger partial charge in [-0.1, -0.05) is 6.07 Å². The summed E-state index contributed by atoms with van der Waals surface area (Å²) in [7, 11) is 0. The van der Waals surface area contributed by atoms with Crippen molar-refractivity contribution in [3.05, 3.63) is 49.6 Å². The van der Waals surface area contributed by atoms with E-state index in [4.69, 9.17) is 0 Å². The number of nitrogens with one attached hydrogen (secondary N) is 1. The molecular formula is C14H12BrNO3S. The lowest BCUT2D eigenvalue weighted by Gasteiger charge is -2.12. The molecule has 6 heteroatoms. The average molecular weight is 354 g/mol. The quantitative estimate of drug-likeness (QED) is 0.873. The number of benzene rings is 1. The third-order valence-corrected chi connectivity index (χ3v) is 4.28. The van der Waals surface area contributed by atoms with E-state index in [0.29, 0.717) is 11.3 Å². The van der Waals surface area contributed by atoms with E-state index >= 15 is 0 Å². The van der Waals surface area contributed by atoms with Crippen LogP contribution in [0.25, 0.3) is 0 Å². The molecule has 104 valence electrons. The standard InChI is InChI=1S/C14H12BrNO3S/c1-7-3-8(2)12(10(4-7)14(18)19)16-13(17)9-5-11(15)20-6-9/h3-6H,1-2H3,(H,16,17)(H,18,19). The number of aryl methyl sites for hydroxylation is 2. The minimum atomic E-state index is -1.06. The SMILES string of the molecule is Cc1cc(C)c(NC(=O)c2csc(Br)c2)c(C(=O)O)c1. The molecule has 1 aromatic heterocycles. The second kappa shape index (κ2) is 5.76. The average Bonchev–Trinajstić information content (AvgIpc) is 2.78. The van der Waals surface area contributed by atoms with E-state index in [1.165, 1.54) is 11.3 Å². The van der Waals surface area contributed by atoms with Gasteiger partial charge in [-0.25, -0.2) is 4.79 Å². The molecule has 0 aliphatic carbocycles. The zero-order chi connectivity index (χ0) is 14.9. The Morgan fingerprint density at radius 2 is 1.95 bits per heavy atom. The molecule has 0 radical (unpaired) electrons. The number of carbonyl (C=O) groups excluding carboxylic acids is 1. The molecule has 1 aromatic carbocycles. The third-order valence-electron chi connectivity index (χ3n) is 2.78. The Morgan fingerprint density at radius 1 is 1.25 bits per heavy atom. The Labute approximate surface area is 128 Å². The fraction of sp³-hybridized carbons (Fsp3) is 0.143. The van der Waals surface area contributed by atoms with Crippen molar-refractivity contribution in [2.75, 3.05) is 5.32 Å². The maximum absolute atomic E-state index is 12.1. The summed E-state index contributed by atoms with van der Waals surface area (Å²) in [6.07, 6.45) is 0. The molecule has 0 bridgehead atoms. The Morgan fingerprint density at radius 3 is 2.50 bits per heavy atom. The van der Waals surface area contributed by atoms with Crippen molar-refractivity contribution < 1.29 is 14.7 Å². The summed E-state index contributed by atoms with van der Waals surface area (Å²) in [4.78, 5) is 23.4. The normalized spacial score (nSPS) is 10.3. The number of amides is 1. The van der Waals surface area contributed by atoms with E-state index in [0.717, 1.165) is 14.9 Å². The summed E-state index contributed by atoms with van der Waals surface area (Å²) >= 11 is 4.69. The molecule has 0 spiro atoms. The summed E-state index contributed by atoms with van der Waals surface area (Å²) in [5, 5.41) is 13.6. The van der Waals surface area contributed by atoms with Crippen LogP contribution in [-0.4, -0.2) is 17.0 Å². The molecule has 0 fully saturated rings. The van der Waals surface area contributed by atoms with Gasteiger partial charge >= 0.3 is 5.97 Å². The van der Waals surface area contributed by atoms with Crippen molar-refractivity contribution in [3.63, 3.8) is 0 Å². The molecule has 0 unspecified atom stereocenters. The van der Waals surface area contributed by atoms with E-state index in [9.17, 15) is 14.7 Å². The van der Waals surface area contributed by atoms with E-state index in [2.05, 4.69) is 21.2 Å². The van der Waals surface area contributed by atoms with Gasteiger partial charge in [-0.3, -0.25) is 4.79 Å². The van der Waals surface area contributed by atoms with Gasteiger partial charge in [-0.2, -0.15) is 0 Å². The van der Waals surface area contributed by atoms with Gasteiger partial charge in [0.25, 0.3) is 5.91 Å². The van der Waals surface area contributed by atoms with Gasteiger partial charge in [0, 0.05) is 5.38 Å². The Kier molecular flexibility index (Phi) is 4.25. The van der Waals surface area contributed by atoms with E-state index in [-0.39, 0.29) is 11.5 Å². The number of anilines is 1. The molecule has 20 heavy (non-hydrogen) atoms. The highest BCUT2D eigenvalue weighted by atomic mass is 79.9. The zero-order valence-electron chi connectivity index (χ0n) is 10.9. The van der Waals surface area contributed by atoms with Crippen LogP contribution < -0.4 is 5.32 Å². The molecule has 2 rings (SSSR count). The second-order valence-electron chi connectivity index (χ2n) is 4.40. The summed E-state index contributed by atoms with van der Waals surface area (Å²) in [6.45, 7) is 3.60. The number of halogens is 1. The zero-order valence-corrected chi connectivity index (χ0v) is 13.3. The Bertz CT molecular complexity index is 694. The van der Waals surface area contributed by atoms with Crippen LogP contribution in [0.5, 0.6) is 0 Å². The highest BCUT2D eigenvalue weighted by molar-refractivity contribution is 9.11. The van der Waals surface area contributed by atoms with Crippen LogP contribution in [-0.2, 0) is 0 Å². The molecule has 0 saturated heterocycles. The molecule has 2 aromatic rings. The maximum atomic E-state index is 12.1. The first-order chi connectivity index (χ1) is 9.38. The minimum absolute atomic E-state index is 0.102. The van der Waals surface area contributed by atoms with Gasteiger partial charge in [0.15, 0.2) is 0 Å². The van der Waals surface area contributed by atoms with Crippen LogP contribution in [0.15, 0.2) is 27.4 Å². The lowest BCUT2D eigenvalue weighted by Crippen LogP contribution is -2.15. The predicted molar refractivity (Wildman–Crippen MR) is 82.8 cm³/mol. The molecule has 0 atom stereocenters. The fourth-order valence-electron chi connectivity index (χ4n) is 1.92. The highest BCUT2D eigenvalue weighted by Crippen LogP contribution is 2.25. The molecule has 0 aliphatic heterocycles. The van der Waals surface area contributed by atoms with Gasteiger partial charge < -0.3 is 10.4 Å². The summed E-state index contributed by atoms with van der Waals surface area (Å²) < 4.78 is 0.849. The highest BCUT2D eigenvalue weighted by Gasteiger charge is 2.17. The van der Waals surface area contributed by atoms with Crippen molar-refractivity contribution in [2.24, 2.45) is 0 Å². The van der Waals surface area contributed by atoms with Crippen molar-refractivity contribution in [1.82, 2.24) is 0 Å². The van der Waals surface area contributed by atoms with Crippen LogP contribution in [0, 0.1) is 13.8 Å². The monoisotopic (exact) mass is 353 g/mol. The number of carbonyl (C=O) groups is 2. The fourth-order valence-corrected chi connectivity index (χ4v) is 3.05. The smallest absolute Gasteiger partial charge is 0.337 e. The molecule has 0 saturated carbocycles. The molecule has 0 aliphatic rings. The van der Waals surface area contributed by atoms with Crippen LogP contribution in [0.1, 0.15) is 31.8 Å². The molecular weight excluding hydrogens is 342 g/mol. The summed E-state index contributed by atoms with van der Waals surface area (Å²) in [6, 6.07) is 5.09. The number of aromatic carboxylic acids is 1. The van der Waals surface area contributed by atoms with Crippen LogP contribution in [0.2, 0.25) is 0 Å². The van der Waals surface area contributed by atoms with E-state index in [1.54, 1.807) is 24.4 Å². The Balaban J connectivity index is 2.38.